The monoisotopic (exact) mass is 530 g/mol. The molecular weight excluding hydrogens is 512 g/mol. The van der Waals surface area contributed by atoms with E-state index in [9.17, 15) is 13.2 Å². The van der Waals surface area contributed by atoms with Crippen LogP contribution >= 0.6 is 22.6 Å². The lowest BCUT2D eigenvalue weighted by molar-refractivity contribution is 0.606. The average Bonchev–Trinajstić information content (AvgIpc) is 2.91. The first-order chi connectivity index (χ1) is 17.4. The summed E-state index contributed by atoms with van der Waals surface area (Å²) >= 11 is 1.63. The van der Waals surface area contributed by atoms with E-state index in [2.05, 4.69) is 21.1 Å². The molecule has 4 aromatic carbocycles. The predicted octanol–water partition coefficient (Wildman–Crippen LogP) is 6.87. The summed E-state index contributed by atoms with van der Waals surface area (Å²) in [5.41, 5.74) is 2.60. The molecule has 0 saturated heterocycles. The molecule has 0 aliphatic heterocycles. The van der Waals surface area contributed by atoms with E-state index >= 15 is 0 Å². The molecule has 8 heteroatoms. The molecule has 0 aliphatic carbocycles. The van der Waals surface area contributed by atoms with Crippen molar-refractivity contribution < 1.29 is 8.42 Å². The van der Waals surface area contributed by atoms with Crippen molar-refractivity contribution in [3.8, 4) is 0 Å². The van der Waals surface area contributed by atoms with Crippen LogP contribution in [0.15, 0.2) is 130 Å². The molecule has 6 rings (SSSR count). The van der Waals surface area contributed by atoms with Gasteiger partial charge in [0, 0.05) is 31.7 Å². The lowest BCUT2D eigenvalue weighted by Gasteiger charge is -2.13. The Bertz CT molecular complexity index is 1810. The lowest BCUT2D eigenvalue weighted by Crippen LogP contribution is -2.07. The number of halogens is 1. The minimum atomic E-state index is -3.73. The summed E-state index contributed by atoms with van der Waals surface area (Å²) < 4.78 is 24.1. The zero-order valence-electron chi connectivity index (χ0n) is 18.8. The SMILES string of the molecule is O=S(=O)(Cl)c1ccc2ccccc2n1.O=c1c2ccccc2n(Sc2ccccc2)c2ccccc12. The van der Waals surface area contributed by atoms with Gasteiger partial charge in [-0.1, -0.05) is 60.7 Å². The molecule has 0 saturated carbocycles. The van der Waals surface area contributed by atoms with Gasteiger partial charge in [-0.3, -0.25) is 8.77 Å². The van der Waals surface area contributed by atoms with Crippen molar-refractivity contribution in [1.29, 1.82) is 0 Å². The third-order valence-corrected chi connectivity index (χ3v) is 7.76. The number of hydrogen-bond donors (Lipinski definition) is 0. The molecular formula is C28H19ClN2O3S2. The molecule has 6 aromatic rings. The Labute approximate surface area is 216 Å². The number of aromatic nitrogens is 2. The summed E-state index contributed by atoms with van der Waals surface area (Å²) in [6, 6.07) is 36.1. The van der Waals surface area contributed by atoms with Gasteiger partial charge >= 0.3 is 0 Å². The lowest BCUT2D eigenvalue weighted by atomic mass is 10.1. The van der Waals surface area contributed by atoms with E-state index in [0.29, 0.717) is 5.52 Å². The van der Waals surface area contributed by atoms with Crippen LogP contribution in [-0.2, 0) is 9.05 Å². The van der Waals surface area contributed by atoms with Gasteiger partial charge in [-0.2, -0.15) is 0 Å². The molecule has 36 heavy (non-hydrogen) atoms. The van der Waals surface area contributed by atoms with Gasteiger partial charge in [0.05, 0.1) is 16.6 Å². The summed E-state index contributed by atoms with van der Waals surface area (Å²) in [5.74, 6) is 0. The number of nitrogens with zero attached hydrogens (tertiary/aromatic N) is 2. The molecule has 178 valence electrons. The van der Waals surface area contributed by atoms with Gasteiger partial charge in [0.15, 0.2) is 10.5 Å². The standard InChI is InChI=1S/C19H13NOS.C9H6ClNO2S/c21-19-15-10-4-6-12-17(15)20(18-13-7-5-11-16(18)19)22-14-8-2-1-3-9-14;10-14(12,13)9-6-5-7-3-1-2-4-8(7)11-9/h1-13H;1-6H. The van der Waals surface area contributed by atoms with Crippen LogP contribution < -0.4 is 5.43 Å². The van der Waals surface area contributed by atoms with Crippen molar-refractivity contribution in [3.05, 3.63) is 125 Å². The van der Waals surface area contributed by atoms with Crippen molar-refractivity contribution in [2.45, 2.75) is 9.92 Å². The van der Waals surface area contributed by atoms with Gasteiger partial charge in [-0.25, -0.2) is 13.4 Å². The third-order valence-electron chi connectivity index (χ3n) is 5.50. The fraction of sp³-hybridized carbons (Fsp3) is 0. The van der Waals surface area contributed by atoms with Crippen LogP contribution in [0.3, 0.4) is 0 Å². The van der Waals surface area contributed by atoms with Gasteiger partial charge in [0.1, 0.15) is 0 Å². The van der Waals surface area contributed by atoms with Crippen LogP contribution in [0.1, 0.15) is 0 Å². The molecule has 0 aliphatic rings. The molecule has 0 unspecified atom stereocenters. The second-order valence-corrected chi connectivity index (χ2v) is 11.4. The van der Waals surface area contributed by atoms with Gasteiger partial charge in [-0.05, 0) is 66.5 Å². The molecule has 0 atom stereocenters. The molecule has 0 N–H and O–H groups in total. The largest absolute Gasteiger partial charge is 0.288 e. The molecule has 0 radical (unpaired) electrons. The normalized spacial score (nSPS) is 11.4. The van der Waals surface area contributed by atoms with Gasteiger partial charge in [0.2, 0.25) is 0 Å². The Morgan fingerprint density at radius 2 is 1.22 bits per heavy atom. The number of pyridine rings is 2. The first-order valence-corrected chi connectivity index (χ1v) is 14.1. The Kier molecular flexibility index (Phi) is 6.78. The summed E-state index contributed by atoms with van der Waals surface area (Å²) in [6.45, 7) is 0. The molecule has 2 aromatic heterocycles. The average molecular weight is 531 g/mol. The molecule has 0 fully saturated rings. The van der Waals surface area contributed by atoms with E-state index in [1.165, 1.54) is 6.07 Å². The molecule has 5 nitrogen and oxygen atoms in total. The van der Waals surface area contributed by atoms with E-state index in [0.717, 1.165) is 32.1 Å². The molecule has 0 amide bonds. The third kappa shape index (κ3) is 4.99. The quantitative estimate of drug-likeness (QED) is 0.184. The Morgan fingerprint density at radius 3 is 1.86 bits per heavy atom. The highest BCUT2D eigenvalue weighted by Crippen LogP contribution is 2.29. The topological polar surface area (TPSA) is 69.0 Å². The second kappa shape index (κ2) is 10.1. The second-order valence-electron chi connectivity index (χ2n) is 7.84. The van der Waals surface area contributed by atoms with E-state index in [1.807, 2.05) is 78.9 Å². The van der Waals surface area contributed by atoms with Gasteiger partial charge < -0.3 is 0 Å². The van der Waals surface area contributed by atoms with Gasteiger partial charge in [0.25, 0.3) is 9.05 Å². The van der Waals surface area contributed by atoms with Crippen molar-refractivity contribution >= 4 is 64.4 Å². The van der Waals surface area contributed by atoms with Crippen molar-refractivity contribution in [3.63, 3.8) is 0 Å². The number of benzene rings is 4. The zero-order valence-corrected chi connectivity index (χ0v) is 21.2. The van der Waals surface area contributed by atoms with Crippen molar-refractivity contribution in [2.75, 3.05) is 0 Å². The zero-order chi connectivity index (χ0) is 25.1. The maximum absolute atomic E-state index is 12.7. The summed E-state index contributed by atoms with van der Waals surface area (Å²) in [4.78, 5) is 17.7. The van der Waals surface area contributed by atoms with Crippen LogP contribution in [0, 0.1) is 0 Å². The van der Waals surface area contributed by atoms with Crippen molar-refractivity contribution in [1.82, 2.24) is 8.96 Å². The Hall–Kier alpha value is -3.65. The van der Waals surface area contributed by atoms with Crippen LogP contribution in [0.25, 0.3) is 32.7 Å². The Morgan fingerprint density at radius 1 is 0.667 bits per heavy atom. The molecule has 0 bridgehead atoms. The highest BCUT2D eigenvalue weighted by Gasteiger charge is 2.12. The highest BCUT2D eigenvalue weighted by atomic mass is 35.7. The minimum absolute atomic E-state index is 0.0936. The number of para-hydroxylation sites is 3. The van der Waals surface area contributed by atoms with E-state index in [-0.39, 0.29) is 10.5 Å². The maximum atomic E-state index is 12.7. The predicted molar refractivity (Wildman–Crippen MR) is 148 cm³/mol. The number of hydrogen-bond acceptors (Lipinski definition) is 5. The fourth-order valence-electron chi connectivity index (χ4n) is 3.83. The fourth-order valence-corrected chi connectivity index (χ4v) is 5.53. The van der Waals surface area contributed by atoms with Crippen LogP contribution in [-0.4, -0.2) is 17.4 Å². The van der Waals surface area contributed by atoms with Crippen molar-refractivity contribution in [2.24, 2.45) is 0 Å². The summed E-state index contributed by atoms with van der Waals surface area (Å²) in [6.07, 6.45) is 0. The van der Waals surface area contributed by atoms with E-state index in [4.69, 9.17) is 10.7 Å². The first-order valence-electron chi connectivity index (χ1n) is 11.0. The first kappa shape index (κ1) is 24.1. The molecule has 0 spiro atoms. The summed E-state index contributed by atoms with van der Waals surface area (Å²) in [7, 11) is 1.44. The van der Waals surface area contributed by atoms with Crippen LogP contribution in [0.4, 0.5) is 0 Å². The maximum Gasteiger partial charge on any atom is 0.278 e. The van der Waals surface area contributed by atoms with Gasteiger partial charge in [-0.15, -0.1) is 0 Å². The smallest absolute Gasteiger partial charge is 0.278 e. The number of rotatable bonds is 3. The molecule has 2 heterocycles. The minimum Gasteiger partial charge on any atom is -0.288 e. The van der Waals surface area contributed by atoms with Crippen LogP contribution in [0.2, 0.25) is 0 Å². The highest BCUT2D eigenvalue weighted by molar-refractivity contribution is 8.13. The number of fused-ring (bicyclic) bond motifs is 3. The van der Waals surface area contributed by atoms with E-state index in [1.54, 1.807) is 30.1 Å². The Balaban J connectivity index is 0.000000165. The summed E-state index contributed by atoms with van der Waals surface area (Å²) in [5, 5.41) is 2.28. The van der Waals surface area contributed by atoms with E-state index < -0.39 is 9.05 Å². The van der Waals surface area contributed by atoms with Crippen LogP contribution in [0.5, 0.6) is 0 Å².